The molecule has 8 nitrogen and oxygen atoms in total. The van der Waals surface area contributed by atoms with Gasteiger partial charge in [-0.05, 0) is 12.5 Å². The molecule has 0 radical (unpaired) electrons. The predicted octanol–water partition coefficient (Wildman–Crippen LogP) is 0.922. The van der Waals surface area contributed by atoms with Crippen molar-refractivity contribution >= 4 is 23.5 Å². The van der Waals surface area contributed by atoms with E-state index in [4.69, 9.17) is 9.42 Å². The summed E-state index contributed by atoms with van der Waals surface area (Å²) in [6.07, 6.45) is 1.77. The lowest BCUT2D eigenvalue weighted by atomic mass is 9.98. The minimum atomic E-state index is -4.64. The molecule has 0 aliphatic rings. The van der Waals surface area contributed by atoms with E-state index in [-0.39, 0.29) is 18.6 Å². The molecule has 11 heteroatoms. The molecular weight excluding hydrogens is 307 g/mol. The average Bonchev–Trinajstić information content (AvgIpc) is 2.36. The molecule has 0 spiro atoms. The van der Waals surface area contributed by atoms with Crippen LogP contribution in [-0.2, 0) is 22.5 Å². The minimum Gasteiger partial charge on any atom is -0.312 e. The molecular formula is C9H24BNO7P2. The summed E-state index contributed by atoms with van der Waals surface area (Å²) in [5, 5.41) is 3.19. The summed E-state index contributed by atoms with van der Waals surface area (Å²) in [5.41, 5.74) is 0. The van der Waals surface area contributed by atoms with E-state index in [9.17, 15) is 14.0 Å². The SMILES string of the molecule is BCCN[C@@H](COP(=O)(O)OP(=O)(O)OC)C(C)CC. The van der Waals surface area contributed by atoms with Gasteiger partial charge in [0.2, 0.25) is 0 Å². The van der Waals surface area contributed by atoms with Gasteiger partial charge in [-0.2, -0.15) is 4.31 Å². The molecule has 0 aromatic heterocycles. The summed E-state index contributed by atoms with van der Waals surface area (Å²) in [6.45, 7) is 4.61. The second-order valence-electron chi connectivity index (χ2n) is 4.44. The highest BCUT2D eigenvalue weighted by Gasteiger charge is 2.35. The van der Waals surface area contributed by atoms with Gasteiger partial charge in [-0.15, -0.1) is 0 Å². The van der Waals surface area contributed by atoms with E-state index in [1.807, 2.05) is 21.7 Å². The molecule has 0 heterocycles. The molecule has 0 aromatic carbocycles. The number of hydrogen-bond acceptors (Lipinski definition) is 6. The third kappa shape index (κ3) is 8.54. The molecule has 0 aliphatic carbocycles. The van der Waals surface area contributed by atoms with Crippen molar-refractivity contribution in [3.63, 3.8) is 0 Å². The van der Waals surface area contributed by atoms with E-state index in [1.165, 1.54) is 0 Å². The Bertz CT molecular complexity index is 370. The van der Waals surface area contributed by atoms with Crippen molar-refractivity contribution in [1.82, 2.24) is 5.32 Å². The summed E-state index contributed by atoms with van der Waals surface area (Å²) >= 11 is 0. The van der Waals surface area contributed by atoms with Crippen molar-refractivity contribution in [3.8, 4) is 0 Å². The summed E-state index contributed by atoms with van der Waals surface area (Å²) in [6, 6.07) is -0.148. The highest BCUT2D eigenvalue weighted by Crippen LogP contribution is 2.60. The standard InChI is InChI=1S/C9H24BNO7P2/c1-4-8(2)9(11-6-5-10)7-17-20(14,15)18-19(12,13)16-3/h8-9,11H,4-7,10H2,1-3H3,(H,12,13)(H,14,15)/t8?,9-/m0/s1. The van der Waals surface area contributed by atoms with E-state index in [2.05, 4.69) is 14.2 Å². The average molecular weight is 331 g/mol. The largest absolute Gasteiger partial charge is 0.481 e. The van der Waals surface area contributed by atoms with Gasteiger partial charge in [0.15, 0.2) is 0 Å². The molecule has 3 N–H and O–H groups in total. The van der Waals surface area contributed by atoms with Crippen molar-refractivity contribution in [1.29, 1.82) is 0 Å². The first-order chi connectivity index (χ1) is 9.17. The second-order valence-corrected chi connectivity index (χ2v) is 7.59. The fourth-order valence-electron chi connectivity index (χ4n) is 1.40. The third-order valence-corrected chi connectivity index (χ3v) is 5.43. The van der Waals surface area contributed by atoms with Gasteiger partial charge in [-0.1, -0.05) is 26.6 Å². The number of hydrogen-bond donors (Lipinski definition) is 3. The number of phosphoric ester groups is 2. The van der Waals surface area contributed by atoms with Crippen LogP contribution in [0.5, 0.6) is 0 Å². The van der Waals surface area contributed by atoms with Crippen LogP contribution in [0.1, 0.15) is 20.3 Å². The van der Waals surface area contributed by atoms with E-state index in [1.54, 1.807) is 0 Å². The fraction of sp³-hybridized carbons (Fsp3) is 1.00. The maximum absolute atomic E-state index is 11.5. The first-order valence-electron chi connectivity index (χ1n) is 6.48. The van der Waals surface area contributed by atoms with Crippen LogP contribution in [0.4, 0.5) is 0 Å². The van der Waals surface area contributed by atoms with Crippen molar-refractivity contribution in [2.24, 2.45) is 5.92 Å². The first kappa shape index (κ1) is 20.3. The lowest BCUT2D eigenvalue weighted by Crippen LogP contribution is -2.39. The van der Waals surface area contributed by atoms with Gasteiger partial charge < -0.3 is 15.1 Å². The zero-order valence-corrected chi connectivity index (χ0v) is 14.1. The summed E-state index contributed by atoms with van der Waals surface area (Å²) in [4.78, 5) is 18.4. The molecule has 120 valence electrons. The summed E-state index contributed by atoms with van der Waals surface area (Å²) in [5.74, 6) is 0.213. The van der Waals surface area contributed by atoms with Crippen LogP contribution in [0.3, 0.4) is 0 Å². The van der Waals surface area contributed by atoms with Crippen molar-refractivity contribution in [3.05, 3.63) is 0 Å². The molecule has 0 saturated heterocycles. The smallest absolute Gasteiger partial charge is 0.312 e. The Morgan fingerprint density at radius 2 is 1.90 bits per heavy atom. The molecule has 3 unspecified atom stereocenters. The molecule has 4 atom stereocenters. The van der Waals surface area contributed by atoms with Gasteiger partial charge >= 0.3 is 15.6 Å². The molecule has 0 rings (SSSR count). The molecule has 0 aromatic rings. The van der Waals surface area contributed by atoms with Gasteiger partial charge in [0.1, 0.15) is 7.85 Å². The summed E-state index contributed by atoms with van der Waals surface area (Å²) < 4.78 is 35.6. The Morgan fingerprint density at radius 3 is 2.35 bits per heavy atom. The molecule has 20 heavy (non-hydrogen) atoms. The maximum Gasteiger partial charge on any atom is 0.481 e. The van der Waals surface area contributed by atoms with Gasteiger partial charge in [-0.25, -0.2) is 9.13 Å². The molecule has 0 amide bonds. The van der Waals surface area contributed by atoms with Crippen molar-refractivity contribution < 1.29 is 32.3 Å². The lowest BCUT2D eigenvalue weighted by Gasteiger charge is -2.25. The Morgan fingerprint density at radius 1 is 1.30 bits per heavy atom. The summed E-state index contributed by atoms with van der Waals surface area (Å²) in [7, 11) is -6.31. The van der Waals surface area contributed by atoms with Gasteiger partial charge in [-0.3, -0.25) is 9.05 Å². The first-order valence-corrected chi connectivity index (χ1v) is 9.47. The Kier molecular flexibility index (Phi) is 9.47. The topological polar surface area (TPSA) is 114 Å². The normalized spacial score (nSPS) is 20.9. The number of nitrogens with one attached hydrogen (secondary N) is 1. The lowest BCUT2D eigenvalue weighted by molar-refractivity contribution is 0.145. The van der Waals surface area contributed by atoms with Gasteiger partial charge in [0, 0.05) is 13.2 Å². The Balaban J connectivity index is 4.51. The number of phosphoric acid groups is 2. The van der Waals surface area contributed by atoms with E-state index in [0.29, 0.717) is 0 Å². The Hall–Kier alpha value is 0.285. The third-order valence-electron chi connectivity index (χ3n) is 2.84. The fourth-order valence-corrected chi connectivity index (χ4v) is 3.25. The minimum absolute atomic E-state index is 0.105. The van der Waals surface area contributed by atoms with Crippen LogP contribution in [0.15, 0.2) is 0 Å². The van der Waals surface area contributed by atoms with Gasteiger partial charge in [0.05, 0.1) is 6.61 Å². The van der Waals surface area contributed by atoms with Crippen LogP contribution in [0.25, 0.3) is 0 Å². The highest BCUT2D eigenvalue weighted by atomic mass is 31.3. The van der Waals surface area contributed by atoms with Crippen LogP contribution in [0, 0.1) is 5.92 Å². The zero-order chi connectivity index (χ0) is 15.8. The highest BCUT2D eigenvalue weighted by molar-refractivity contribution is 7.61. The maximum atomic E-state index is 11.5. The van der Waals surface area contributed by atoms with Crippen molar-refractivity contribution in [2.45, 2.75) is 32.6 Å². The number of rotatable bonds is 11. The van der Waals surface area contributed by atoms with Gasteiger partial charge in [0.25, 0.3) is 0 Å². The van der Waals surface area contributed by atoms with E-state index in [0.717, 1.165) is 26.4 Å². The second kappa shape index (κ2) is 9.33. The molecule has 0 saturated carbocycles. The molecule has 0 fully saturated rings. The van der Waals surface area contributed by atoms with E-state index < -0.39 is 15.6 Å². The van der Waals surface area contributed by atoms with Crippen LogP contribution >= 0.6 is 15.6 Å². The van der Waals surface area contributed by atoms with Crippen LogP contribution < -0.4 is 5.32 Å². The quantitative estimate of drug-likeness (QED) is 0.378. The van der Waals surface area contributed by atoms with Crippen LogP contribution in [-0.4, -0.2) is 43.9 Å². The zero-order valence-electron chi connectivity index (χ0n) is 12.3. The van der Waals surface area contributed by atoms with Crippen LogP contribution in [0.2, 0.25) is 6.32 Å². The molecule has 0 aliphatic heterocycles. The predicted molar refractivity (Wildman–Crippen MR) is 78.3 cm³/mol. The monoisotopic (exact) mass is 331 g/mol. The molecule has 0 bridgehead atoms. The van der Waals surface area contributed by atoms with E-state index >= 15 is 0 Å². The Labute approximate surface area is 120 Å². The van der Waals surface area contributed by atoms with Crippen molar-refractivity contribution in [2.75, 3.05) is 20.3 Å².